The number of anilines is 1. The molecule has 104 valence electrons. The monoisotopic (exact) mass is 283 g/mol. The number of hydrogen-bond acceptors (Lipinski definition) is 3. The molecule has 0 aliphatic rings. The second kappa shape index (κ2) is 6.43. The normalized spacial score (nSPS) is 13.4. The van der Waals surface area contributed by atoms with Gasteiger partial charge in [-0.2, -0.15) is 0 Å². The van der Waals surface area contributed by atoms with Crippen LogP contribution in [0, 0.1) is 18.8 Å². The van der Waals surface area contributed by atoms with Gasteiger partial charge in [-0.05, 0) is 30.5 Å². The SMILES string of the molecule is Cc1ccc(Cl)cc1NC(=O)C(C(N)=NO)C(C)C. The van der Waals surface area contributed by atoms with Crippen molar-refractivity contribution in [3.8, 4) is 0 Å². The smallest absolute Gasteiger partial charge is 0.235 e. The minimum absolute atomic E-state index is 0.0876. The van der Waals surface area contributed by atoms with Crippen LogP contribution in [0.1, 0.15) is 19.4 Å². The molecule has 0 saturated carbocycles. The predicted octanol–water partition coefficient (Wildman–Crippen LogP) is 2.61. The van der Waals surface area contributed by atoms with E-state index in [2.05, 4.69) is 10.5 Å². The third kappa shape index (κ3) is 3.86. The van der Waals surface area contributed by atoms with Gasteiger partial charge in [-0.15, -0.1) is 0 Å². The maximum absolute atomic E-state index is 12.2. The van der Waals surface area contributed by atoms with Crippen molar-refractivity contribution in [2.75, 3.05) is 5.32 Å². The van der Waals surface area contributed by atoms with Crippen LogP contribution in [-0.4, -0.2) is 17.0 Å². The molecule has 0 saturated heterocycles. The van der Waals surface area contributed by atoms with E-state index in [1.165, 1.54) is 0 Å². The fourth-order valence-corrected chi connectivity index (χ4v) is 1.95. The summed E-state index contributed by atoms with van der Waals surface area (Å²) in [4.78, 5) is 12.2. The van der Waals surface area contributed by atoms with Gasteiger partial charge in [0.15, 0.2) is 5.84 Å². The number of nitrogens with one attached hydrogen (secondary N) is 1. The van der Waals surface area contributed by atoms with Crippen LogP contribution < -0.4 is 11.1 Å². The van der Waals surface area contributed by atoms with E-state index in [1.807, 2.05) is 26.8 Å². The number of amidine groups is 1. The summed E-state index contributed by atoms with van der Waals surface area (Å²) in [5, 5.41) is 14.9. The zero-order chi connectivity index (χ0) is 14.6. The van der Waals surface area contributed by atoms with Crippen molar-refractivity contribution in [2.24, 2.45) is 22.7 Å². The number of benzene rings is 1. The summed E-state index contributed by atoms with van der Waals surface area (Å²) in [6.45, 7) is 5.51. The molecular formula is C13H18ClN3O2. The molecule has 1 amide bonds. The number of aryl methyl sites for hydroxylation is 1. The van der Waals surface area contributed by atoms with E-state index < -0.39 is 5.92 Å². The number of amides is 1. The first kappa shape index (κ1) is 15.3. The van der Waals surface area contributed by atoms with Gasteiger partial charge >= 0.3 is 0 Å². The Kier molecular flexibility index (Phi) is 5.18. The minimum Gasteiger partial charge on any atom is -0.409 e. The summed E-state index contributed by atoms with van der Waals surface area (Å²) in [6, 6.07) is 5.22. The Morgan fingerprint density at radius 1 is 1.47 bits per heavy atom. The molecule has 1 aromatic rings. The summed E-state index contributed by atoms with van der Waals surface area (Å²) < 4.78 is 0. The summed E-state index contributed by atoms with van der Waals surface area (Å²) >= 11 is 5.89. The first-order chi connectivity index (χ1) is 8.86. The van der Waals surface area contributed by atoms with Gasteiger partial charge < -0.3 is 16.3 Å². The van der Waals surface area contributed by atoms with Gasteiger partial charge in [-0.3, -0.25) is 4.79 Å². The van der Waals surface area contributed by atoms with Crippen molar-refractivity contribution in [3.05, 3.63) is 28.8 Å². The Morgan fingerprint density at radius 3 is 2.63 bits per heavy atom. The van der Waals surface area contributed by atoms with Crippen LogP contribution in [0.3, 0.4) is 0 Å². The molecule has 5 nitrogen and oxygen atoms in total. The Bertz CT molecular complexity index is 501. The quantitative estimate of drug-likeness (QED) is 0.343. The topological polar surface area (TPSA) is 87.7 Å². The van der Waals surface area contributed by atoms with Crippen LogP contribution in [0.15, 0.2) is 23.4 Å². The number of carbonyl (C=O) groups is 1. The van der Waals surface area contributed by atoms with Crippen LogP contribution in [0.4, 0.5) is 5.69 Å². The molecule has 0 heterocycles. The van der Waals surface area contributed by atoms with Gasteiger partial charge in [0.2, 0.25) is 5.91 Å². The third-order valence-electron chi connectivity index (χ3n) is 2.84. The van der Waals surface area contributed by atoms with E-state index in [1.54, 1.807) is 12.1 Å². The van der Waals surface area contributed by atoms with Crippen LogP contribution in [0.2, 0.25) is 5.02 Å². The van der Waals surface area contributed by atoms with Gasteiger partial charge in [0, 0.05) is 10.7 Å². The molecule has 4 N–H and O–H groups in total. The van der Waals surface area contributed by atoms with E-state index in [0.29, 0.717) is 10.7 Å². The number of hydrogen-bond donors (Lipinski definition) is 3. The highest BCUT2D eigenvalue weighted by Gasteiger charge is 2.27. The Labute approximate surface area is 117 Å². The van der Waals surface area contributed by atoms with Gasteiger partial charge in [-0.1, -0.05) is 36.7 Å². The van der Waals surface area contributed by atoms with E-state index in [-0.39, 0.29) is 17.7 Å². The number of nitrogens with two attached hydrogens (primary N) is 1. The summed E-state index contributed by atoms with van der Waals surface area (Å²) in [7, 11) is 0. The standard InChI is InChI=1S/C13H18ClN3O2/c1-7(2)11(12(15)17-19)13(18)16-10-6-9(14)5-4-8(10)3/h4-7,11,19H,1-3H3,(H2,15,17)(H,16,18). The number of rotatable bonds is 4. The minimum atomic E-state index is -0.691. The van der Waals surface area contributed by atoms with Crippen LogP contribution in [0.25, 0.3) is 0 Å². The summed E-state index contributed by atoms with van der Waals surface area (Å²) in [5.74, 6) is -1.21. The highest BCUT2D eigenvalue weighted by molar-refractivity contribution is 6.31. The largest absolute Gasteiger partial charge is 0.409 e. The second-order valence-corrected chi connectivity index (χ2v) is 5.13. The van der Waals surface area contributed by atoms with Crippen molar-refractivity contribution >= 4 is 29.0 Å². The lowest BCUT2D eigenvalue weighted by atomic mass is 9.93. The van der Waals surface area contributed by atoms with Crippen molar-refractivity contribution in [1.82, 2.24) is 0 Å². The van der Waals surface area contributed by atoms with Gasteiger partial charge in [0.25, 0.3) is 0 Å². The number of oxime groups is 1. The molecule has 0 aliphatic carbocycles. The Balaban J connectivity index is 2.97. The molecule has 0 fully saturated rings. The molecule has 1 atom stereocenters. The lowest BCUT2D eigenvalue weighted by Gasteiger charge is -2.19. The fourth-order valence-electron chi connectivity index (χ4n) is 1.78. The maximum Gasteiger partial charge on any atom is 0.235 e. The zero-order valence-corrected chi connectivity index (χ0v) is 11.9. The fraction of sp³-hybridized carbons (Fsp3) is 0.385. The first-order valence-electron chi connectivity index (χ1n) is 5.91. The number of carbonyl (C=O) groups excluding carboxylic acids is 1. The first-order valence-corrected chi connectivity index (χ1v) is 6.29. The molecule has 19 heavy (non-hydrogen) atoms. The average molecular weight is 284 g/mol. The van der Waals surface area contributed by atoms with Crippen molar-refractivity contribution in [3.63, 3.8) is 0 Å². The molecule has 0 aromatic heterocycles. The van der Waals surface area contributed by atoms with Gasteiger partial charge in [-0.25, -0.2) is 0 Å². The van der Waals surface area contributed by atoms with E-state index >= 15 is 0 Å². The molecule has 0 radical (unpaired) electrons. The predicted molar refractivity (Wildman–Crippen MR) is 76.6 cm³/mol. The Hall–Kier alpha value is -1.75. The lowest BCUT2D eigenvalue weighted by molar-refractivity contribution is -0.119. The molecular weight excluding hydrogens is 266 g/mol. The summed E-state index contributed by atoms with van der Waals surface area (Å²) in [6.07, 6.45) is 0. The van der Waals surface area contributed by atoms with Crippen molar-refractivity contribution < 1.29 is 10.0 Å². The average Bonchev–Trinajstić information content (AvgIpc) is 2.33. The number of halogens is 1. The highest BCUT2D eigenvalue weighted by Crippen LogP contribution is 2.22. The summed E-state index contributed by atoms with van der Waals surface area (Å²) in [5.41, 5.74) is 7.06. The Morgan fingerprint density at radius 2 is 2.11 bits per heavy atom. The van der Waals surface area contributed by atoms with E-state index in [0.717, 1.165) is 5.56 Å². The molecule has 0 spiro atoms. The highest BCUT2D eigenvalue weighted by atomic mass is 35.5. The van der Waals surface area contributed by atoms with Crippen molar-refractivity contribution in [2.45, 2.75) is 20.8 Å². The third-order valence-corrected chi connectivity index (χ3v) is 3.08. The number of nitrogens with zero attached hydrogens (tertiary/aromatic N) is 1. The second-order valence-electron chi connectivity index (χ2n) is 4.70. The molecule has 6 heteroatoms. The van der Waals surface area contributed by atoms with Crippen LogP contribution >= 0.6 is 11.6 Å². The maximum atomic E-state index is 12.2. The van der Waals surface area contributed by atoms with Crippen molar-refractivity contribution in [1.29, 1.82) is 0 Å². The molecule has 1 rings (SSSR count). The molecule has 1 unspecified atom stereocenters. The van der Waals surface area contributed by atoms with Crippen LogP contribution in [-0.2, 0) is 4.79 Å². The van der Waals surface area contributed by atoms with E-state index in [4.69, 9.17) is 22.5 Å². The molecule has 0 aliphatic heterocycles. The van der Waals surface area contributed by atoms with E-state index in [9.17, 15) is 4.79 Å². The molecule has 0 bridgehead atoms. The molecule has 1 aromatic carbocycles. The lowest BCUT2D eigenvalue weighted by Crippen LogP contribution is -2.38. The van der Waals surface area contributed by atoms with Gasteiger partial charge in [0.05, 0.1) is 0 Å². The van der Waals surface area contributed by atoms with Crippen LogP contribution in [0.5, 0.6) is 0 Å². The zero-order valence-electron chi connectivity index (χ0n) is 11.1. The van der Waals surface area contributed by atoms with Gasteiger partial charge in [0.1, 0.15) is 5.92 Å².